The zero-order chi connectivity index (χ0) is 59.9. The summed E-state index contributed by atoms with van der Waals surface area (Å²) in [5, 5.41) is 0. The summed E-state index contributed by atoms with van der Waals surface area (Å²) in [6.07, 6.45) is 90.6. The van der Waals surface area contributed by atoms with Gasteiger partial charge in [-0.1, -0.05) is 359 Å². The van der Waals surface area contributed by atoms with Crippen molar-refractivity contribution in [1.29, 1.82) is 0 Å². The molecule has 1 atom stereocenters. The third-order valence-electron chi connectivity index (χ3n) is 17.1. The van der Waals surface area contributed by atoms with Gasteiger partial charge in [0.25, 0.3) is 0 Å². The summed E-state index contributed by atoms with van der Waals surface area (Å²) in [6, 6.07) is 0. The standard InChI is InChI=1S/C77H144O6/c1-4-7-10-13-16-19-22-25-27-29-31-33-35-36-37-38-39-40-41-43-44-46-48-50-52-55-58-61-64-67-70-76(79)82-73-74(72-81-75(78)69-66-63-60-57-54-24-21-18-15-12-9-6-3)83-77(80)71-68-65-62-59-56-53-51-49-47-45-42-34-32-30-28-26-23-20-17-14-11-8-5-2/h18,21,23,26,30,32,74H,4-17,19-20,22,24-25,27-29,31,33-73H2,1-3H3/b21-18-,26-23-,32-30-. The lowest BCUT2D eigenvalue weighted by Gasteiger charge is -2.18. The smallest absolute Gasteiger partial charge is 0.306 e. The van der Waals surface area contributed by atoms with E-state index < -0.39 is 6.10 Å². The molecule has 0 heterocycles. The zero-order valence-corrected chi connectivity index (χ0v) is 56.2. The maximum Gasteiger partial charge on any atom is 0.306 e. The molecule has 0 fully saturated rings. The highest BCUT2D eigenvalue weighted by molar-refractivity contribution is 5.71. The summed E-state index contributed by atoms with van der Waals surface area (Å²) >= 11 is 0. The molecule has 83 heavy (non-hydrogen) atoms. The van der Waals surface area contributed by atoms with Crippen molar-refractivity contribution in [1.82, 2.24) is 0 Å². The van der Waals surface area contributed by atoms with Crippen molar-refractivity contribution in [3.63, 3.8) is 0 Å². The molecule has 6 heteroatoms. The van der Waals surface area contributed by atoms with Gasteiger partial charge in [-0.25, -0.2) is 0 Å². The van der Waals surface area contributed by atoms with Crippen molar-refractivity contribution in [2.24, 2.45) is 0 Å². The highest BCUT2D eigenvalue weighted by Crippen LogP contribution is 2.19. The monoisotopic (exact) mass is 1170 g/mol. The molecule has 0 aromatic heterocycles. The molecule has 0 aromatic carbocycles. The van der Waals surface area contributed by atoms with Crippen LogP contribution >= 0.6 is 0 Å². The molecule has 0 aliphatic heterocycles. The number of esters is 3. The van der Waals surface area contributed by atoms with Crippen molar-refractivity contribution in [2.45, 2.75) is 425 Å². The second-order valence-corrected chi connectivity index (χ2v) is 25.6. The lowest BCUT2D eigenvalue weighted by Crippen LogP contribution is -2.30. The summed E-state index contributed by atoms with van der Waals surface area (Å²) in [7, 11) is 0. The Hall–Kier alpha value is -2.37. The second-order valence-electron chi connectivity index (χ2n) is 25.6. The number of hydrogen-bond donors (Lipinski definition) is 0. The van der Waals surface area contributed by atoms with E-state index in [-0.39, 0.29) is 31.1 Å². The van der Waals surface area contributed by atoms with E-state index in [4.69, 9.17) is 14.2 Å². The fraction of sp³-hybridized carbons (Fsp3) is 0.883. The number of rotatable bonds is 70. The van der Waals surface area contributed by atoms with Crippen LogP contribution in [0, 0.1) is 0 Å². The molecule has 6 nitrogen and oxygen atoms in total. The van der Waals surface area contributed by atoms with Gasteiger partial charge in [-0.3, -0.25) is 14.4 Å². The van der Waals surface area contributed by atoms with Crippen LogP contribution in [0.1, 0.15) is 419 Å². The first-order valence-electron chi connectivity index (χ1n) is 37.5. The average molecular weight is 1170 g/mol. The van der Waals surface area contributed by atoms with Crippen LogP contribution in [0.4, 0.5) is 0 Å². The number of unbranched alkanes of at least 4 members (excludes halogenated alkanes) is 53. The molecule has 0 radical (unpaired) electrons. The fourth-order valence-corrected chi connectivity index (χ4v) is 11.5. The minimum absolute atomic E-state index is 0.0707. The van der Waals surface area contributed by atoms with Crippen LogP contribution in [0.15, 0.2) is 36.5 Å². The molecule has 0 N–H and O–H groups in total. The first kappa shape index (κ1) is 80.6. The molecule has 0 saturated heterocycles. The minimum atomic E-state index is -0.776. The Morgan fingerprint density at radius 1 is 0.241 bits per heavy atom. The first-order valence-corrected chi connectivity index (χ1v) is 37.5. The molecule has 0 rings (SSSR count). The van der Waals surface area contributed by atoms with Crippen LogP contribution in [0.5, 0.6) is 0 Å². The van der Waals surface area contributed by atoms with E-state index in [1.54, 1.807) is 0 Å². The summed E-state index contributed by atoms with van der Waals surface area (Å²) < 4.78 is 17.0. The number of allylic oxidation sites excluding steroid dienone is 6. The van der Waals surface area contributed by atoms with Crippen LogP contribution < -0.4 is 0 Å². The van der Waals surface area contributed by atoms with E-state index in [0.717, 1.165) is 70.6 Å². The molecule has 488 valence electrons. The molecule has 0 spiro atoms. The van der Waals surface area contributed by atoms with Gasteiger partial charge in [0.1, 0.15) is 13.2 Å². The number of hydrogen-bond acceptors (Lipinski definition) is 6. The van der Waals surface area contributed by atoms with Crippen molar-refractivity contribution in [3.8, 4) is 0 Å². The zero-order valence-electron chi connectivity index (χ0n) is 56.2. The van der Waals surface area contributed by atoms with Gasteiger partial charge in [-0.05, 0) is 77.0 Å². The Morgan fingerprint density at radius 2 is 0.434 bits per heavy atom. The van der Waals surface area contributed by atoms with Gasteiger partial charge in [-0.15, -0.1) is 0 Å². The van der Waals surface area contributed by atoms with Gasteiger partial charge in [0.15, 0.2) is 6.10 Å². The summed E-state index contributed by atoms with van der Waals surface area (Å²) in [5.74, 6) is -0.853. The van der Waals surface area contributed by atoms with Crippen molar-refractivity contribution in [3.05, 3.63) is 36.5 Å². The van der Waals surface area contributed by atoms with Crippen LogP contribution in [0.3, 0.4) is 0 Å². The maximum atomic E-state index is 13.0. The Balaban J connectivity index is 4.15. The summed E-state index contributed by atoms with van der Waals surface area (Å²) in [6.45, 7) is 6.68. The van der Waals surface area contributed by atoms with E-state index in [0.29, 0.717) is 19.3 Å². The fourth-order valence-electron chi connectivity index (χ4n) is 11.5. The average Bonchev–Trinajstić information content (AvgIpc) is 3.49. The van der Waals surface area contributed by atoms with Crippen LogP contribution in [-0.4, -0.2) is 37.2 Å². The SMILES string of the molecule is CCCCC/C=C\CCCCCCCC(=O)OCC(COC(=O)CCCCCCCCCCCCCCCCCCCCCCCCCCCCCCCC)OC(=O)CCCCCCCCCCCCC/C=C\C/C=C\CCCCCCC. The number of carbonyl (C=O) groups excluding carboxylic acids is 3. The predicted octanol–water partition coefficient (Wildman–Crippen LogP) is 25.9. The molecule has 0 aliphatic rings. The Bertz CT molecular complexity index is 1380. The van der Waals surface area contributed by atoms with Gasteiger partial charge in [0, 0.05) is 19.3 Å². The third kappa shape index (κ3) is 70.3. The Labute approximate surface area is 518 Å². The second kappa shape index (κ2) is 72.1. The molecule has 0 aromatic rings. The third-order valence-corrected chi connectivity index (χ3v) is 17.1. The van der Waals surface area contributed by atoms with Crippen molar-refractivity contribution < 1.29 is 28.6 Å². The normalized spacial score (nSPS) is 12.2. The van der Waals surface area contributed by atoms with Crippen LogP contribution in [0.25, 0.3) is 0 Å². The molecular weight excluding hydrogens is 1020 g/mol. The van der Waals surface area contributed by atoms with Gasteiger partial charge in [0.05, 0.1) is 0 Å². The summed E-state index contributed by atoms with van der Waals surface area (Å²) in [5.41, 5.74) is 0. The topological polar surface area (TPSA) is 78.9 Å². The van der Waals surface area contributed by atoms with Gasteiger partial charge in [-0.2, -0.15) is 0 Å². The van der Waals surface area contributed by atoms with Gasteiger partial charge >= 0.3 is 17.9 Å². The van der Waals surface area contributed by atoms with Gasteiger partial charge in [0.2, 0.25) is 0 Å². The van der Waals surface area contributed by atoms with Crippen molar-refractivity contribution >= 4 is 17.9 Å². The molecule has 0 amide bonds. The van der Waals surface area contributed by atoms with E-state index in [9.17, 15) is 14.4 Å². The number of ether oxygens (including phenoxy) is 3. The first-order chi connectivity index (χ1) is 41.0. The Morgan fingerprint density at radius 3 is 0.699 bits per heavy atom. The van der Waals surface area contributed by atoms with E-state index in [2.05, 4.69) is 57.2 Å². The van der Waals surface area contributed by atoms with E-state index >= 15 is 0 Å². The summed E-state index contributed by atoms with van der Waals surface area (Å²) in [4.78, 5) is 38.4. The minimum Gasteiger partial charge on any atom is -0.462 e. The molecular formula is C77H144O6. The van der Waals surface area contributed by atoms with Crippen LogP contribution in [0.2, 0.25) is 0 Å². The largest absolute Gasteiger partial charge is 0.462 e. The maximum absolute atomic E-state index is 13.0. The molecule has 1 unspecified atom stereocenters. The molecule has 0 saturated carbocycles. The highest BCUT2D eigenvalue weighted by atomic mass is 16.6. The Kier molecular flexibility index (Phi) is 70.0. The lowest BCUT2D eigenvalue weighted by molar-refractivity contribution is -0.167. The van der Waals surface area contributed by atoms with Gasteiger partial charge < -0.3 is 14.2 Å². The lowest BCUT2D eigenvalue weighted by atomic mass is 10.0. The van der Waals surface area contributed by atoms with Crippen LogP contribution in [-0.2, 0) is 28.6 Å². The number of carbonyl (C=O) groups is 3. The highest BCUT2D eigenvalue weighted by Gasteiger charge is 2.20. The van der Waals surface area contributed by atoms with E-state index in [1.807, 2.05) is 0 Å². The quantitative estimate of drug-likeness (QED) is 0.0261. The van der Waals surface area contributed by atoms with Crippen molar-refractivity contribution in [2.75, 3.05) is 13.2 Å². The predicted molar refractivity (Wildman–Crippen MR) is 362 cm³/mol. The molecule has 0 aliphatic carbocycles. The molecule has 0 bridgehead atoms. The van der Waals surface area contributed by atoms with E-state index in [1.165, 1.54) is 308 Å².